The monoisotopic (exact) mass is 305 g/mol. The number of hydrogen-bond acceptors (Lipinski definition) is 2. The summed E-state index contributed by atoms with van der Waals surface area (Å²) in [7, 11) is 0. The molecule has 88 valence electrons. The molecular formula is C11H13BrClNO2. The van der Waals surface area contributed by atoms with Crippen molar-refractivity contribution in [1.82, 2.24) is 4.90 Å². The fraction of sp³-hybridized carbons (Fsp3) is 0.364. The first-order valence-corrected chi connectivity index (χ1v) is 6.26. The van der Waals surface area contributed by atoms with Gasteiger partial charge < -0.3 is 10.0 Å². The molecule has 0 saturated carbocycles. The van der Waals surface area contributed by atoms with Crippen LogP contribution in [0.15, 0.2) is 22.7 Å². The van der Waals surface area contributed by atoms with Crippen molar-refractivity contribution in [3.8, 4) is 5.75 Å². The number of phenols is 1. The summed E-state index contributed by atoms with van der Waals surface area (Å²) in [6.45, 7) is 2.92. The molecule has 0 saturated heterocycles. The van der Waals surface area contributed by atoms with E-state index in [2.05, 4.69) is 15.9 Å². The minimum absolute atomic E-state index is 0.0209. The van der Waals surface area contributed by atoms with E-state index in [1.807, 2.05) is 6.92 Å². The third-order valence-electron chi connectivity index (χ3n) is 2.21. The number of nitrogens with zero attached hydrogens (tertiary/aromatic N) is 1. The molecule has 0 unspecified atom stereocenters. The quantitative estimate of drug-likeness (QED) is 0.869. The third kappa shape index (κ3) is 3.12. The van der Waals surface area contributed by atoms with Gasteiger partial charge >= 0.3 is 0 Å². The zero-order valence-electron chi connectivity index (χ0n) is 8.91. The van der Waals surface area contributed by atoms with Crippen LogP contribution >= 0.6 is 27.5 Å². The largest absolute Gasteiger partial charge is 0.507 e. The molecule has 5 heteroatoms. The van der Waals surface area contributed by atoms with Gasteiger partial charge in [-0.3, -0.25) is 4.79 Å². The van der Waals surface area contributed by atoms with Crippen molar-refractivity contribution in [3.05, 3.63) is 28.2 Å². The molecular weight excluding hydrogens is 293 g/mol. The van der Waals surface area contributed by atoms with E-state index < -0.39 is 0 Å². The summed E-state index contributed by atoms with van der Waals surface area (Å²) in [5.41, 5.74) is 0.301. The zero-order chi connectivity index (χ0) is 12.1. The Kier molecular flexibility index (Phi) is 5.09. The average Bonchev–Trinajstić information content (AvgIpc) is 2.25. The smallest absolute Gasteiger partial charge is 0.257 e. The number of phenolic OH excluding ortho intramolecular Hbond substituents is 1. The molecule has 0 spiro atoms. The molecule has 0 atom stereocenters. The average molecular weight is 307 g/mol. The van der Waals surface area contributed by atoms with Crippen molar-refractivity contribution in [2.45, 2.75) is 6.92 Å². The molecule has 0 bridgehead atoms. The number of benzene rings is 1. The summed E-state index contributed by atoms with van der Waals surface area (Å²) in [6, 6.07) is 4.82. The van der Waals surface area contributed by atoms with Crippen LogP contribution in [0, 0.1) is 0 Å². The van der Waals surface area contributed by atoms with Crippen molar-refractivity contribution < 1.29 is 9.90 Å². The molecule has 0 aliphatic rings. The Morgan fingerprint density at radius 2 is 2.25 bits per heavy atom. The molecule has 0 aromatic heterocycles. The van der Waals surface area contributed by atoms with Crippen molar-refractivity contribution in [2.24, 2.45) is 0 Å². The van der Waals surface area contributed by atoms with Gasteiger partial charge in [-0.2, -0.15) is 0 Å². The summed E-state index contributed by atoms with van der Waals surface area (Å²) in [5.74, 6) is 0.164. The summed E-state index contributed by atoms with van der Waals surface area (Å²) in [5, 5.41) is 9.66. The Morgan fingerprint density at radius 1 is 1.56 bits per heavy atom. The van der Waals surface area contributed by atoms with E-state index >= 15 is 0 Å². The molecule has 1 amide bonds. The van der Waals surface area contributed by atoms with Crippen LogP contribution in [0.2, 0.25) is 0 Å². The lowest BCUT2D eigenvalue weighted by molar-refractivity contribution is 0.0771. The van der Waals surface area contributed by atoms with Crippen molar-refractivity contribution in [2.75, 3.05) is 19.0 Å². The van der Waals surface area contributed by atoms with Crippen LogP contribution in [0.5, 0.6) is 5.75 Å². The topological polar surface area (TPSA) is 40.5 Å². The minimum Gasteiger partial charge on any atom is -0.507 e. The first kappa shape index (κ1) is 13.3. The summed E-state index contributed by atoms with van der Waals surface area (Å²) >= 11 is 8.83. The van der Waals surface area contributed by atoms with Gasteiger partial charge in [0.15, 0.2) is 0 Å². The predicted molar refractivity (Wildman–Crippen MR) is 68.1 cm³/mol. The Hall–Kier alpha value is -0.740. The highest BCUT2D eigenvalue weighted by Crippen LogP contribution is 2.23. The Balaban J connectivity index is 2.94. The number of halogens is 2. The second-order valence-electron chi connectivity index (χ2n) is 3.24. The van der Waals surface area contributed by atoms with E-state index in [4.69, 9.17) is 11.6 Å². The lowest BCUT2D eigenvalue weighted by atomic mass is 10.1. The van der Waals surface area contributed by atoms with E-state index in [9.17, 15) is 9.90 Å². The SMILES string of the molecule is CCN(CCCl)C(=O)c1ccc(Br)cc1O. The lowest BCUT2D eigenvalue weighted by Crippen LogP contribution is -2.32. The zero-order valence-corrected chi connectivity index (χ0v) is 11.3. The molecule has 0 aliphatic heterocycles. The number of carbonyl (C=O) groups excluding carboxylic acids is 1. The fourth-order valence-corrected chi connectivity index (χ4v) is 1.91. The number of alkyl halides is 1. The molecule has 0 heterocycles. The normalized spacial score (nSPS) is 10.2. The van der Waals surface area contributed by atoms with Crippen LogP contribution in [0.4, 0.5) is 0 Å². The highest BCUT2D eigenvalue weighted by Gasteiger charge is 2.17. The second kappa shape index (κ2) is 6.11. The molecule has 1 rings (SSSR count). The van der Waals surface area contributed by atoms with Gasteiger partial charge in [0.1, 0.15) is 5.75 Å². The second-order valence-corrected chi connectivity index (χ2v) is 4.53. The lowest BCUT2D eigenvalue weighted by Gasteiger charge is -2.20. The van der Waals surface area contributed by atoms with E-state index in [1.165, 1.54) is 6.07 Å². The number of carbonyl (C=O) groups is 1. The van der Waals surface area contributed by atoms with Crippen molar-refractivity contribution in [3.63, 3.8) is 0 Å². The van der Waals surface area contributed by atoms with Gasteiger partial charge in [0.05, 0.1) is 5.56 Å². The van der Waals surface area contributed by atoms with Crippen LogP contribution in [-0.4, -0.2) is 34.9 Å². The maximum absolute atomic E-state index is 12.0. The molecule has 16 heavy (non-hydrogen) atoms. The third-order valence-corrected chi connectivity index (χ3v) is 2.88. The van der Waals surface area contributed by atoms with Gasteiger partial charge in [-0.05, 0) is 25.1 Å². The maximum atomic E-state index is 12.0. The Labute approximate surface area is 108 Å². The van der Waals surface area contributed by atoms with Crippen LogP contribution in [0.1, 0.15) is 17.3 Å². The standard InChI is InChI=1S/C11H13BrClNO2/c1-2-14(6-5-13)11(16)9-4-3-8(12)7-10(9)15/h3-4,7,15H,2,5-6H2,1H3. The maximum Gasteiger partial charge on any atom is 0.257 e. The highest BCUT2D eigenvalue weighted by atomic mass is 79.9. The minimum atomic E-state index is -0.201. The van der Waals surface area contributed by atoms with Gasteiger partial charge in [-0.1, -0.05) is 15.9 Å². The first-order chi connectivity index (χ1) is 7.60. The van der Waals surface area contributed by atoms with Crippen LogP contribution in [0.25, 0.3) is 0 Å². The van der Waals surface area contributed by atoms with Gasteiger partial charge in [0.2, 0.25) is 0 Å². The number of rotatable bonds is 4. The van der Waals surface area contributed by atoms with Crippen LogP contribution in [0.3, 0.4) is 0 Å². The molecule has 0 fully saturated rings. The fourth-order valence-electron chi connectivity index (χ4n) is 1.36. The van der Waals surface area contributed by atoms with Crippen molar-refractivity contribution in [1.29, 1.82) is 0 Å². The number of aromatic hydroxyl groups is 1. The van der Waals surface area contributed by atoms with Gasteiger partial charge in [-0.25, -0.2) is 0 Å². The first-order valence-electron chi connectivity index (χ1n) is 4.94. The van der Waals surface area contributed by atoms with Gasteiger partial charge in [0.25, 0.3) is 5.91 Å². The highest BCUT2D eigenvalue weighted by molar-refractivity contribution is 9.10. The molecule has 0 radical (unpaired) electrons. The molecule has 3 nitrogen and oxygen atoms in total. The van der Waals surface area contributed by atoms with E-state index in [0.29, 0.717) is 24.5 Å². The van der Waals surface area contributed by atoms with Crippen molar-refractivity contribution >= 4 is 33.4 Å². The molecule has 1 N–H and O–H groups in total. The van der Waals surface area contributed by atoms with Gasteiger partial charge in [0, 0.05) is 23.4 Å². The van der Waals surface area contributed by atoms with Gasteiger partial charge in [-0.15, -0.1) is 11.6 Å². The summed E-state index contributed by atoms with van der Waals surface area (Å²) < 4.78 is 0.738. The number of hydrogen-bond donors (Lipinski definition) is 1. The molecule has 1 aromatic carbocycles. The van der Waals surface area contributed by atoms with E-state index in [1.54, 1.807) is 17.0 Å². The molecule has 0 aliphatic carbocycles. The Morgan fingerprint density at radius 3 is 2.75 bits per heavy atom. The number of amides is 1. The summed E-state index contributed by atoms with van der Waals surface area (Å²) in [4.78, 5) is 13.6. The summed E-state index contributed by atoms with van der Waals surface area (Å²) in [6.07, 6.45) is 0. The Bertz CT molecular complexity index is 384. The van der Waals surface area contributed by atoms with E-state index in [0.717, 1.165) is 4.47 Å². The predicted octanol–water partition coefficient (Wildman–Crippen LogP) is 2.86. The van der Waals surface area contributed by atoms with Crippen LogP contribution in [-0.2, 0) is 0 Å². The van der Waals surface area contributed by atoms with Crippen LogP contribution < -0.4 is 0 Å². The van der Waals surface area contributed by atoms with E-state index in [-0.39, 0.29) is 11.7 Å². The molecule has 1 aromatic rings.